The summed E-state index contributed by atoms with van der Waals surface area (Å²) in [6.07, 6.45) is 3.96. The van der Waals surface area contributed by atoms with E-state index in [-0.39, 0.29) is 23.0 Å². The number of anilines is 1. The van der Waals surface area contributed by atoms with Crippen molar-refractivity contribution in [3.8, 4) is 5.75 Å². The van der Waals surface area contributed by atoms with Crippen LogP contribution in [0.4, 0.5) is 18.9 Å². The molecule has 1 aliphatic rings. The molecule has 34 heavy (non-hydrogen) atoms. The second-order valence-electron chi connectivity index (χ2n) is 7.69. The molecule has 1 aromatic carbocycles. The minimum atomic E-state index is -3.95. The van der Waals surface area contributed by atoms with Gasteiger partial charge in [-0.05, 0) is 50.1 Å². The Kier molecular flexibility index (Phi) is 8.27. The van der Waals surface area contributed by atoms with Crippen molar-refractivity contribution in [2.45, 2.75) is 42.5 Å². The fraction of sp³-hybridized carbons (Fsp3) is 0.409. The number of nitrogens with zero attached hydrogens (tertiary/aromatic N) is 2. The monoisotopic (exact) mass is 519 g/mol. The first-order valence-electron chi connectivity index (χ1n) is 10.3. The molecule has 2 aromatic rings. The summed E-state index contributed by atoms with van der Waals surface area (Å²) >= 11 is 10.3. The molecule has 0 spiro atoms. The van der Waals surface area contributed by atoms with Gasteiger partial charge in [0.2, 0.25) is 0 Å². The number of halogens is 5. The standard InChI is InChI=1S/C22H22Cl2F3N3O4/c1-21(14-3-2-10-28-13-14,20(32)29-15-8-11-33-12-9-15)30(19(31)18(23)25)16-4-6-17(7-5-16)34-22(24,26)27/h2-7,10,13,15,18H,8-9,11-12H2,1H3,(H,29,32)/t18-,21-/m0/s1. The first-order chi connectivity index (χ1) is 16.0. The Balaban J connectivity index is 2.07. The lowest BCUT2D eigenvalue weighted by molar-refractivity contribution is -0.132. The fourth-order valence-electron chi connectivity index (χ4n) is 3.68. The molecule has 0 unspecified atom stereocenters. The highest BCUT2D eigenvalue weighted by Crippen LogP contribution is 2.36. The molecule has 1 aromatic heterocycles. The highest BCUT2D eigenvalue weighted by atomic mass is 35.5. The zero-order chi connectivity index (χ0) is 24.9. The topological polar surface area (TPSA) is 80.8 Å². The Bertz CT molecular complexity index is 987. The van der Waals surface area contributed by atoms with E-state index >= 15 is 0 Å². The molecule has 2 atom stereocenters. The Morgan fingerprint density at radius 1 is 1.24 bits per heavy atom. The molecule has 1 fully saturated rings. The van der Waals surface area contributed by atoms with Crippen LogP contribution in [0.1, 0.15) is 25.3 Å². The van der Waals surface area contributed by atoms with Crippen molar-refractivity contribution < 1.29 is 32.2 Å². The van der Waals surface area contributed by atoms with E-state index in [0.29, 0.717) is 26.1 Å². The van der Waals surface area contributed by atoms with Gasteiger partial charge < -0.3 is 14.8 Å². The van der Waals surface area contributed by atoms with E-state index < -0.39 is 28.6 Å². The molecular formula is C22H22Cl2F3N3O4. The Morgan fingerprint density at radius 2 is 1.88 bits per heavy atom. The van der Waals surface area contributed by atoms with Gasteiger partial charge in [-0.3, -0.25) is 19.5 Å². The molecular weight excluding hydrogens is 498 g/mol. The molecule has 1 aliphatic heterocycles. The van der Waals surface area contributed by atoms with E-state index in [2.05, 4.69) is 15.0 Å². The van der Waals surface area contributed by atoms with Crippen LogP contribution in [0.3, 0.4) is 0 Å². The molecule has 0 saturated carbocycles. The second kappa shape index (κ2) is 10.8. The maximum Gasteiger partial charge on any atom is 0.487 e. The highest BCUT2D eigenvalue weighted by molar-refractivity contribution is 6.32. The smallest absolute Gasteiger partial charge is 0.420 e. The van der Waals surface area contributed by atoms with E-state index in [9.17, 15) is 22.8 Å². The molecule has 7 nitrogen and oxygen atoms in total. The van der Waals surface area contributed by atoms with Crippen molar-refractivity contribution in [1.82, 2.24) is 10.3 Å². The number of hydrogen-bond acceptors (Lipinski definition) is 5. The van der Waals surface area contributed by atoms with Crippen molar-refractivity contribution in [2.24, 2.45) is 0 Å². The Morgan fingerprint density at radius 3 is 2.41 bits per heavy atom. The Labute approximate surface area is 204 Å². The summed E-state index contributed by atoms with van der Waals surface area (Å²) in [6.45, 7) is 2.34. The van der Waals surface area contributed by atoms with Gasteiger partial charge in [0.15, 0.2) is 5.54 Å². The Hall–Kier alpha value is -2.56. The van der Waals surface area contributed by atoms with Crippen molar-refractivity contribution in [3.63, 3.8) is 0 Å². The van der Waals surface area contributed by atoms with Crippen molar-refractivity contribution in [3.05, 3.63) is 54.4 Å². The molecule has 0 aliphatic carbocycles. The average Bonchev–Trinajstić information content (AvgIpc) is 2.80. The van der Waals surface area contributed by atoms with Crippen LogP contribution in [-0.2, 0) is 19.9 Å². The number of nitrogens with one attached hydrogen (secondary N) is 1. The van der Waals surface area contributed by atoms with Crippen LogP contribution in [0.5, 0.6) is 5.75 Å². The van der Waals surface area contributed by atoms with Crippen molar-refractivity contribution in [2.75, 3.05) is 18.1 Å². The minimum Gasteiger partial charge on any atom is -0.420 e. The number of rotatable bonds is 8. The minimum absolute atomic E-state index is 0.00650. The first-order valence-corrected chi connectivity index (χ1v) is 11.1. The summed E-state index contributed by atoms with van der Waals surface area (Å²) < 4.78 is 49.7. The fourth-order valence-corrected chi connectivity index (χ4v) is 3.87. The molecule has 184 valence electrons. The molecule has 1 saturated heterocycles. The summed E-state index contributed by atoms with van der Waals surface area (Å²) in [4.78, 5) is 31.6. The van der Waals surface area contributed by atoms with Crippen LogP contribution in [-0.4, -0.2) is 47.3 Å². The quantitative estimate of drug-likeness (QED) is 0.525. The van der Waals surface area contributed by atoms with E-state index in [1.54, 1.807) is 12.1 Å². The number of alkyl halides is 5. The number of carbonyl (C=O) groups is 2. The molecule has 1 N–H and O–H groups in total. The number of amides is 2. The normalized spacial score (nSPS) is 17.4. The molecule has 3 rings (SSSR count). The number of pyridine rings is 1. The van der Waals surface area contributed by atoms with Crippen LogP contribution < -0.4 is 15.0 Å². The summed E-state index contributed by atoms with van der Waals surface area (Å²) in [5, 5.41) is 2.90. The maximum atomic E-state index is 14.2. The molecule has 2 heterocycles. The second-order valence-corrected chi connectivity index (χ2v) is 8.51. The van der Waals surface area contributed by atoms with Gasteiger partial charge in [-0.25, -0.2) is 4.39 Å². The van der Waals surface area contributed by atoms with E-state index in [1.165, 1.54) is 31.5 Å². The number of carbonyl (C=O) groups excluding carboxylic acids is 2. The van der Waals surface area contributed by atoms with E-state index in [0.717, 1.165) is 17.0 Å². The summed E-state index contributed by atoms with van der Waals surface area (Å²) in [5.41, 5.74) is -7.97. The zero-order valence-electron chi connectivity index (χ0n) is 18.0. The highest BCUT2D eigenvalue weighted by Gasteiger charge is 2.47. The van der Waals surface area contributed by atoms with Gasteiger partial charge in [0.05, 0.1) is 0 Å². The van der Waals surface area contributed by atoms with Gasteiger partial charge in [-0.1, -0.05) is 17.7 Å². The van der Waals surface area contributed by atoms with Gasteiger partial charge >= 0.3 is 5.57 Å². The number of benzene rings is 1. The van der Waals surface area contributed by atoms with Gasteiger partial charge in [-0.15, -0.1) is 8.78 Å². The lowest BCUT2D eigenvalue weighted by Gasteiger charge is -2.41. The largest absolute Gasteiger partial charge is 0.487 e. The summed E-state index contributed by atoms with van der Waals surface area (Å²) in [7, 11) is 0. The predicted molar refractivity (Wildman–Crippen MR) is 120 cm³/mol. The number of aromatic nitrogens is 1. The van der Waals surface area contributed by atoms with Crippen LogP contribution in [0, 0.1) is 0 Å². The van der Waals surface area contributed by atoms with Gasteiger partial charge in [0.1, 0.15) is 5.75 Å². The summed E-state index contributed by atoms with van der Waals surface area (Å²) in [6, 6.07) is 7.53. The van der Waals surface area contributed by atoms with Crippen molar-refractivity contribution in [1.29, 1.82) is 0 Å². The third-order valence-corrected chi connectivity index (χ3v) is 5.67. The average molecular weight is 520 g/mol. The molecule has 2 amide bonds. The molecule has 0 radical (unpaired) electrons. The van der Waals surface area contributed by atoms with Crippen molar-refractivity contribution >= 4 is 40.7 Å². The van der Waals surface area contributed by atoms with Crippen LogP contribution >= 0.6 is 23.2 Å². The third-order valence-electron chi connectivity index (χ3n) is 5.41. The zero-order valence-corrected chi connectivity index (χ0v) is 19.5. The predicted octanol–water partition coefficient (Wildman–Crippen LogP) is 4.33. The maximum absolute atomic E-state index is 14.2. The first kappa shape index (κ1) is 26.1. The molecule has 0 bridgehead atoms. The molecule has 12 heteroatoms. The van der Waals surface area contributed by atoms with Crippen LogP contribution in [0.25, 0.3) is 0 Å². The van der Waals surface area contributed by atoms with Crippen LogP contribution in [0.15, 0.2) is 48.8 Å². The van der Waals surface area contributed by atoms with Gasteiger partial charge in [-0.2, -0.15) is 0 Å². The van der Waals surface area contributed by atoms with E-state index in [1.807, 2.05) is 0 Å². The summed E-state index contributed by atoms with van der Waals surface area (Å²) in [5.74, 6) is -2.15. The number of hydrogen-bond donors (Lipinski definition) is 1. The van der Waals surface area contributed by atoms with Crippen LogP contribution in [0.2, 0.25) is 0 Å². The van der Waals surface area contributed by atoms with Gasteiger partial charge in [0.25, 0.3) is 17.4 Å². The SMILES string of the molecule is C[C@@](C(=O)NC1CCOCC1)(c1cccnc1)N(C(=O)[C@H](F)Cl)c1ccc(OC(F)(F)Cl)cc1. The number of ether oxygens (including phenoxy) is 2. The lowest BCUT2D eigenvalue weighted by atomic mass is 9.88. The van der Waals surface area contributed by atoms with E-state index in [4.69, 9.17) is 27.9 Å². The third kappa shape index (κ3) is 6.11. The van der Waals surface area contributed by atoms with Gasteiger partial charge in [0, 0.05) is 54.5 Å². The lowest BCUT2D eigenvalue weighted by Crippen LogP contribution is -2.60.